The highest BCUT2D eigenvalue weighted by atomic mass is 32.2. The Morgan fingerprint density at radius 1 is 1.53 bits per heavy atom. The number of H-pyrrole nitrogens is 1. The van der Waals surface area contributed by atoms with Gasteiger partial charge in [0.05, 0.1) is 4.90 Å². The summed E-state index contributed by atoms with van der Waals surface area (Å²) in [5.41, 5.74) is 0.864. The van der Waals surface area contributed by atoms with Crippen molar-refractivity contribution in [3.63, 3.8) is 0 Å². The summed E-state index contributed by atoms with van der Waals surface area (Å²) in [5, 5.41) is 2.98. The van der Waals surface area contributed by atoms with Gasteiger partial charge in [-0.3, -0.25) is 0 Å². The van der Waals surface area contributed by atoms with Crippen LogP contribution in [0.4, 0.5) is 0 Å². The fourth-order valence-corrected chi connectivity index (χ4v) is 3.70. The van der Waals surface area contributed by atoms with E-state index < -0.39 is 10.0 Å². The monoisotopic (exact) mass is 286 g/mol. The first-order valence-electron chi connectivity index (χ1n) is 6.54. The normalized spacial score (nSPS) is 21.7. The second kappa shape index (κ2) is 6.04. The number of hydrogen-bond donors (Lipinski definition) is 3. The van der Waals surface area contributed by atoms with Gasteiger partial charge in [-0.25, -0.2) is 13.1 Å². The minimum Gasteiger partial charge on any atom is -0.363 e. The average molecular weight is 286 g/mol. The summed E-state index contributed by atoms with van der Waals surface area (Å²) < 4.78 is 27.3. The van der Waals surface area contributed by atoms with Crippen LogP contribution in [-0.2, 0) is 16.6 Å². The predicted octanol–water partition coefficient (Wildman–Crippen LogP) is 0.107. The van der Waals surface area contributed by atoms with Crippen molar-refractivity contribution >= 4 is 10.0 Å². The third kappa shape index (κ3) is 3.79. The van der Waals surface area contributed by atoms with Crippen LogP contribution in [0.3, 0.4) is 0 Å². The molecule has 0 radical (unpaired) electrons. The summed E-state index contributed by atoms with van der Waals surface area (Å²) in [4.78, 5) is 5.43. The van der Waals surface area contributed by atoms with Crippen LogP contribution in [0.25, 0.3) is 0 Å². The van der Waals surface area contributed by atoms with Gasteiger partial charge in [-0.05, 0) is 39.5 Å². The molecule has 0 saturated carbocycles. The largest absolute Gasteiger partial charge is 0.363 e. The van der Waals surface area contributed by atoms with E-state index >= 15 is 0 Å². The van der Waals surface area contributed by atoms with Gasteiger partial charge in [0.25, 0.3) is 0 Å². The Balaban J connectivity index is 2.04. The van der Waals surface area contributed by atoms with Crippen molar-refractivity contribution in [2.24, 2.45) is 0 Å². The molecule has 0 aliphatic carbocycles. The van der Waals surface area contributed by atoms with E-state index in [1.54, 1.807) is 12.3 Å². The van der Waals surface area contributed by atoms with Crippen molar-refractivity contribution < 1.29 is 8.42 Å². The maximum Gasteiger partial charge on any atom is 0.242 e. The minimum atomic E-state index is -3.42. The lowest BCUT2D eigenvalue weighted by Gasteiger charge is -2.29. The van der Waals surface area contributed by atoms with Gasteiger partial charge in [0, 0.05) is 31.0 Å². The van der Waals surface area contributed by atoms with Gasteiger partial charge >= 0.3 is 0 Å². The molecule has 1 unspecified atom stereocenters. The first kappa shape index (κ1) is 14.5. The van der Waals surface area contributed by atoms with Crippen molar-refractivity contribution in [3.8, 4) is 0 Å². The van der Waals surface area contributed by atoms with E-state index in [1.165, 1.54) is 0 Å². The predicted molar refractivity (Wildman–Crippen MR) is 74.4 cm³/mol. The third-order valence-electron chi connectivity index (χ3n) is 3.34. The maximum atomic E-state index is 12.3. The fraction of sp³-hybridized carbons (Fsp3) is 0.667. The molecule has 6 nitrogen and oxygen atoms in total. The molecule has 1 fully saturated rings. The molecule has 3 N–H and O–H groups in total. The third-order valence-corrected chi connectivity index (χ3v) is 4.84. The molecular weight excluding hydrogens is 264 g/mol. The zero-order chi connectivity index (χ0) is 13.9. The van der Waals surface area contributed by atoms with Crippen LogP contribution in [0.1, 0.15) is 18.5 Å². The molecule has 2 rings (SSSR count). The maximum absolute atomic E-state index is 12.3. The van der Waals surface area contributed by atoms with Gasteiger partial charge in [0.15, 0.2) is 0 Å². The van der Waals surface area contributed by atoms with Gasteiger partial charge in [0.2, 0.25) is 10.0 Å². The van der Waals surface area contributed by atoms with Crippen molar-refractivity contribution in [2.75, 3.05) is 27.2 Å². The number of hydrogen-bond acceptors (Lipinski definition) is 4. The Kier molecular flexibility index (Phi) is 4.62. The second-order valence-electron chi connectivity index (χ2n) is 5.11. The van der Waals surface area contributed by atoms with Crippen LogP contribution < -0.4 is 10.0 Å². The van der Waals surface area contributed by atoms with Crippen molar-refractivity contribution in [1.29, 1.82) is 0 Å². The molecule has 1 atom stereocenters. The van der Waals surface area contributed by atoms with Crippen LogP contribution in [0.15, 0.2) is 17.2 Å². The SMILES string of the molecule is CNCc1cc(S(=O)(=O)NC2CCCN(C)C2)c[nH]1. The highest BCUT2D eigenvalue weighted by Gasteiger charge is 2.24. The Morgan fingerprint density at radius 3 is 3.00 bits per heavy atom. The number of rotatable bonds is 5. The van der Waals surface area contributed by atoms with Crippen LogP contribution in [0.2, 0.25) is 0 Å². The molecule has 1 aliphatic heterocycles. The Hall–Kier alpha value is -0.890. The molecule has 19 heavy (non-hydrogen) atoms. The summed E-state index contributed by atoms with van der Waals surface area (Å²) >= 11 is 0. The summed E-state index contributed by atoms with van der Waals surface area (Å²) in [5.74, 6) is 0. The van der Waals surface area contributed by atoms with Gasteiger partial charge in [-0.2, -0.15) is 0 Å². The number of aromatic amines is 1. The fourth-order valence-electron chi connectivity index (χ4n) is 2.42. The molecule has 0 aromatic carbocycles. The summed E-state index contributed by atoms with van der Waals surface area (Å²) in [6, 6.07) is 1.68. The molecule has 0 spiro atoms. The average Bonchev–Trinajstić information content (AvgIpc) is 2.78. The number of likely N-dealkylation sites (tertiary alicyclic amines) is 1. The van der Waals surface area contributed by atoms with Gasteiger partial charge in [-0.1, -0.05) is 0 Å². The van der Waals surface area contributed by atoms with E-state index in [-0.39, 0.29) is 6.04 Å². The smallest absolute Gasteiger partial charge is 0.242 e. The lowest BCUT2D eigenvalue weighted by atomic mass is 10.1. The molecule has 1 saturated heterocycles. The summed E-state index contributed by atoms with van der Waals surface area (Å²) in [6.07, 6.45) is 3.47. The molecular formula is C12H22N4O2S. The number of piperidine rings is 1. The van der Waals surface area contributed by atoms with Gasteiger partial charge in [-0.15, -0.1) is 0 Å². The number of aromatic nitrogens is 1. The van der Waals surface area contributed by atoms with Crippen LogP contribution in [-0.4, -0.2) is 51.5 Å². The summed E-state index contributed by atoms with van der Waals surface area (Å²) in [6.45, 7) is 2.43. The van der Waals surface area contributed by atoms with E-state index in [2.05, 4.69) is 19.9 Å². The minimum absolute atomic E-state index is 0.00593. The number of nitrogens with zero attached hydrogens (tertiary/aromatic N) is 1. The van der Waals surface area contributed by atoms with E-state index in [9.17, 15) is 8.42 Å². The highest BCUT2D eigenvalue weighted by molar-refractivity contribution is 7.89. The first-order valence-corrected chi connectivity index (χ1v) is 8.02. The molecule has 0 bridgehead atoms. The lowest BCUT2D eigenvalue weighted by molar-refractivity contribution is 0.242. The molecule has 2 heterocycles. The van der Waals surface area contributed by atoms with Gasteiger partial charge < -0.3 is 15.2 Å². The van der Waals surface area contributed by atoms with E-state index in [1.807, 2.05) is 14.1 Å². The van der Waals surface area contributed by atoms with E-state index in [0.717, 1.165) is 31.6 Å². The van der Waals surface area contributed by atoms with Crippen molar-refractivity contribution in [1.82, 2.24) is 19.9 Å². The molecule has 7 heteroatoms. The number of nitrogens with one attached hydrogen (secondary N) is 3. The van der Waals surface area contributed by atoms with Crippen LogP contribution in [0.5, 0.6) is 0 Å². The van der Waals surface area contributed by atoms with E-state index in [4.69, 9.17) is 0 Å². The Morgan fingerprint density at radius 2 is 2.32 bits per heavy atom. The zero-order valence-electron chi connectivity index (χ0n) is 11.4. The Labute approximate surface area is 114 Å². The molecule has 1 aromatic heterocycles. The quantitative estimate of drug-likeness (QED) is 0.718. The van der Waals surface area contributed by atoms with Crippen LogP contribution >= 0.6 is 0 Å². The zero-order valence-corrected chi connectivity index (χ0v) is 12.3. The topological polar surface area (TPSA) is 77.2 Å². The molecule has 108 valence electrons. The van der Waals surface area contributed by atoms with Crippen LogP contribution in [0, 0.1) is 0 Å². The second-order valence-corrected chi connectivity index (χ2v) is 6.83. The molecule has 0 amide bonds. The van der Waals surface area contributed by atoms with Gasteiger partial charge in [0.1, 0.15) is 0 Å². The van der Waals surface area contributed by atoms with Crippen molar-refractivity contribution in [2.45, 2.75) is 30.3 Å². The highest BCUT2D eigenvalue weighted by Crippen LogP contribution is 2.14. The number of likely N-dealkylation sites (N-methyl/N-ethyl adjacent to an activating group) is 1. The van der Waals surface area contributed by atoms with Crippen molar-refractivity contribution in [3.05, 3.63) is 18.0 Å². The van der Waals surface area contributed by atoms with E-state index in [0.29, 0.717) is 11.4 Å². The lowest BCUT2D eigenvalue weighted by Crippen LogP contribution is -2.46. The number of sulfonamides is 1. The Bertz CT molecular complexity index is 512. The first-order chi connectivity index (χ1) is 9.01. The standard InChI is InChI=1S/C12H22N4O2S/c1-13-7-11-6-12(8-14-11)19(17,18)15-10-4-3-5-16(2)9-10/h6,8,10,13-15H,3-5,7,9H2,1-2H3. The molecule has 1 aliphatic rings. The molecule has 1 aromatic rings. The summed E-state index contributed by atoms with van der Waals surface area (Å²) in [7, 11) is 0.424.